The first-order chi connectivity index (χ1) is 11.7. The number of amides is 2. The van der Waals surface area contributed by atoms with Gasteiger partial charge in [-0.3, -0.25) is 9.59 Å². The molecule has 1 aliphatic rings. The van der Waals surface area contributed by atoms with Crippen LogP contribution in [0, 0.1) is 5.92 Å². The molecule has 0 radical (unpaired) electrons. The Kier molecular flexibility index (Phi) is 5.93. The predicted octanol–water partition coefficient (Wildman–Crippen LogP) is 1.63. The Morgan fingerprint density at radius 3 is 2.60 bits per heavy atom. The zero-order chi connectivity index (χ0) is 18.7. The largest absolute Gasteiger partial charge is 0.488 e. The van der Waals surface area contributed by atoms with Crippen molar-refractivity contribution in [2.45, 2.75) is 26.4 Å². The van der Waals surface area contributed by atoms with Crippen LogP contribution in [0.4, 0.5) is 5.69 Å². The second-order valence-electron chi connectivity index (χ2n) is 7.17. The molecule has 2 amide bonds. The van der Waals surface area contributed by atoms with Gasteiger partial charge in [-0.1, -0.05) is 6.92 Å². The number of anilines is 1. The Balaban J connectivity index is 2.39. The van der Waals surface area contributed by atoms with Crippen molar-refractivity contribution in [3.05, 3.63) is 23.8 Å². The lowest BCUT2D eigenvalue weighted by Crippen LogP contribution is -2.43. The van der Waals surface area contributed by atoms with E-state index in [-0.39, 0.29) is 23.8 Å². The minimum Gasteiger partial charge on any atom is -0.488 e. The highest BCUT2D eigenvalue weighted by Crippen LogP contribution is 2.29. The number of fused-ring (bicyclic) bond motifs is 1. The first kappa shape index (κ1) is 19.1. The SMILES string of the molecule is CC(=O)N(C)C[C@H]1Oc2ccc(N(C)C)cc2CC(=O)N(C)C[C@@H]1C. The summed E-state index contributed by atoms with van der Waals surface area (Å²) in [6.45, 7) is 4.70. The predicted molar refractivity (Wildman–Crippen MR) is 99.0 cm³/mol. The average molecular weight is 347 g/mol. The molecular formula is C19H29N3O3. The highest BCUT2D eigenvalue weighted by Gasteiger charge is 2.28. The smallest absolute Gasteiger partial charge is 0.226 e. The molecular weight excluding hydrogens is 318 g/mol. The highest BCUT2D eigenvalue weighted by molar-refractivity contribution is 5.80. The van der Waals surface area contributed by atoms with Crippen molar-refractivity contribution in [3.63, 3.8) is 0 Å². The maximum absolute atomic E-state index is 12.5. The minimum atomic E-state index is -0.175. The van der Waals surface area contributed by atoms with Crippen LogP contribution in [0.15, 0.2) is 18.2 Å². The van der Waals surface area contributed by atoms with E-state index >= 15 is 0 Å². The first-order valence-electron chi connectivity index (χ1n) is 8.61. The summed E-state index contributed by atoms with van der Waals surface area (Å²) in [7, 11) is 7.54. The lowest BCUT2D eigenvalue weighted by molar-refractivity contribution is -0.131. The summed E-state index contributed by atoms with van der Waals surface area (Å²) < 4.78 is 6.29. The zero-order valence-corrected chi connectivity index (χ0v) is 16.1. The number of nitrogens with zero attached hydrogens (tertiary/aromatic N) is 3. The van der Waals surface area contributed by atoms with Gasteiger partial charge in [-0.2, -0.15) is 0 Å². The molecule has 0 saturated heterocycles. The molecule has 2 rings (SSSR count). The lowest BCUT2D eigenvalue weighted by Gasteiger charge is -2.30. The van der Waals surface area contributed by atoms with Crippen molar-refractivity contribution < 1.29 is 14.3 Å². The fourth-order valence-corrected chi connectivity index (χ4v) is 2.94. The molecule has 0 aliphatic carbocycles. The highest BCUT2D eigenvalue weighted by atomic mass is 16.5. The summed E-state index contributed by atoms with van der Waals surface area (Å²) in [5.74, 6) is 0.912. The summed E-state index contributed by atoms with van der Waals surface area (Å²) in [6, 6.07) is 5.92. The molecule has 0 aromatic heterocycles. The monoisotopic (exact) mass is 347 g/mol. The van der Waals surface area contributed by atoms with Gasteiger partial charge in [0, 0.05) is 58.8 Å². The Morgan fingerprint density at radius 1 is 1.32 bits per heavy atom. The molecule has 25 heavy (non-hydrogen) atoms. The summed E-state index contributed by atoms with van der Waals surface area (Å²) in [4.78, 5) is 29.6. The van der Waals surface area contributed by atoms with Crippen molar-refractivity contribution in [1.29, 1.82) is 0 Å². The summed E-state index contributed by atoms with van der Waals surface area (Å²) in [6.07, 6.45) is 0.140. The van der Waals surface area contributed by atoms with Crippen LogP contribution >= 0.6 is 0 Å². The summed E-state index contributed by atoms with van der Waals surface area (Å²) >= 11 is 0. The van der Waals surface area contributed by atoms with E-state index in [4.69, 9.17) is 4.74 Å². The van der Waals surface area contributed by atoms with E-state index in [2.05, 4.69) is 6.92 Å². The molecule has 0 unspecified atom stereocenters. The molecule has 1 aromatic rings. The number of ether oxygens (including phenoxy) is 1. The van der Waals surface area contributed by atoms with Gasteiger partial charge in [0.1, 0.15) is 11.9 Å². The van der Waals surface area contributed by atoms with Crippen LogP contribution in [0.1, 0.15) is 19.4 Å². The maximum atomic E-state index is 12.5. The molecule has 2 atom stereocenters. The molecule has 6 nitrogen and oxygen atoms in total. The quantitative estimate of drug-likeness (QED) is 0.834. The van der Waals surface area contributed by atoms with Crippen molar-refractivity contribution in [3.8, 4) is 5.75 Å². The van der Waals surface area contributed by atoms with Gasteiger partial charge < -0.3 is 19.4 Å². The summed E-state index contributed by atoms with van der Waals surface area (Å²) in [5, 5.41) is 0. The van der Waals surface area contributed by atoms with Crippen LogP contribution in [0.25, 0.3) is 0 Å². The number of hydrogen-bond donors (Lipinski definition) is 0. The van der Waals surface area contributed by atoms with Gasteiger partial charge in [-0.25, -0.2) is 0 Å². The average Bonchev–Trinajstić information content (AvgIpc) is 2.57. The van der Waals surface area contributed by atoms with E-state index in [1.165, 1.54) is 0 Å². The molecule has 0 saturated carbocycles. The Labute approximate surface area is 150 Å². The molecule has 0 N–H and O–H groups in total. The number of carbonyl (C=O) groups is 2. The fourth-order valence-electron chi connectivity index (χ4n) is 2.94. The first-order valence-corrected chi connectivity index (χ1v) is 8.61. The second-order valence-corrected chi connectivity index (χ2v) is 7.17. The topological polar surface area (TPSA) is 53.1 Å². The minimum absolute atomic E-state index is 0.00304. The van der Waals surface area contributed by atoms with Crippen molar-refractivity contribution in [1.82, 2.24) is 9.80 Å². The van der Waals surface area contributed by atoms with E-state index in [9.17, 15) is 9.59 Å². The van der Waals surface area contributed by atoms with Gasteiger partial charge in [0.25, 0.3) is 0 Å². The van der Waals surface area contributed by atoms with E-state index in [0.717, 1.165) is 17.0 Å². The van der Waals surface area contributed by atoms with E-state index < -0.39 is 0 Å². The molecule has 1 aliphatic heterocycles. The standard InChI is InChI=1S/C19H29N3O3/c1-13-11-22(6)19(24)10-15-9-16(20(3)4)7-8-17(15)25-18(13)12-21(5)14(2)23/h7-9,13,18H,10-12H2,1-6H3/t13-,18+/m0/s1. The number of carbonyl (C=O) groups excluding carboxylic acids is 2. The molecule has 1 heterocycles. The summed E-state index contributed by atoms with van der Waals surface area (Å²) in [5.41, 5.74) is 1.91. The number of hydrogen-bond acceptors (Lipinski definition) is 4. The third kappa shape index (κ3) is 4.65. The number of likely N-dealkylation sites (N-methyl/N-ethyl adjacent to an activating group) is 2. The lowest BCUT2D eigenvalue weighted by atomic mass is 10.0. The van der Waals surface area contributed by atoms with Crippen molar-refractivity contribution >= 4 is 17.5 Å². The third-order valence-electron chi connectivity index (χ3n) is 4.79. The maximum Gasteiger partial charge on any atom is 0.226 e. The van der Waals surface area contributed by atoms with Crippen LogP contribution in [0.2, 0.25) is 0 Å². The Morgan fingerprint density at radius 2 is 2.00 bits per heavy atom. The molecule has 0 bridgehead atoms. The molecule has 0 spiro atoms. The van der Waals surface area contributed by atoms with Crippen molar-refractivity contribution in [2.24, 2.45) is 5.92 Å². The third-order valence-corrected chi connectivity index (χ3v) is 4.79. The van der Waals surface area contributed by atoms with Gasteiger partial charge in [-0.05, 0) is 18.2 Å². The Hall–Kier alpha value is -2.24. The number of rotatable bonds is 3. The van der Waals surface area contributed by atoms with Gasteiger partial charge in [0.15, 0.2) is 0 Å². The van der Waals surface area contributed by atoms with Crippen molar-refractivity contribution in [2.75, 3.05) is 46.2 Å². The van der Waals surface area contributed by atoms with Crippen LogP contribution < -0.4 is 9.64 Å². The van der Waals surface area contributed by atoms with E-state index in [0.29, 0.717) is 19.5 Å². The van der Waals surface area contributed by atoms with Gasteiger partial charge in [0.2, 0.25) is 11.8 Å². The van der Waals surface area contributed by atoms with E-state index in [1.807, 2.05) is 44.2 Å². The molecule has 1 aromatic carbocycles. The van der Waals surface area contributed by atoms with Gasteiger partial charge >= 0.3 is 0 Å². The molecule has 0 fully saturated rings. The Bertz CT molecular complexity index is 645. The molecule has 138 valence electrons. The van der Waals surface area contributed by atoms with Crippen LogP contribution in [-0.4, -0.2) is 69.0 Å². The zero-order valence-electron chi connectivity index (χ0n) is 16.1. The van der Waals surface area contributed by atoms with Gasteiger partial charge in [-0.15, -0.1) is 0 Å². The van der Waals surface area contributed by atoms with E-state index in [1.54, 1.807) is 23.8 Å². The number of benzene rings is 1. The second kappa shape index (κ2) is 7.76. The van der Waals surface area contributed by atoms with Crippen LogP contribution in [0.5, 0.6) is 5.75 Å². The van der Waals surface area contributed by atoms with Gasteiger partial charge in [0.05, 0.1) is 13.0 Å². The normalized spacial score (nSPS) is 20.7. The molecule has 6 heteroatoms. The van der Waals surface area contributed by atoms with Crippen LogP contribution in [-0.2, 0) is 16.0 Å². The van der Waals surface area contributed by atoms with Crippen LogP contribution in [0.3, 0.4) is 0 Å². The fraction of sp³-hybridized carbons (Fsp3) is 0.579.